The first-order valence-corrected chi connectivity index (χ1v) is 22.5. The summed E-state index contributed by atoms with van der Waals surface area (Å²) < 4.78 is 18.7. The van der Waals surface area contributed by atoms with Crippen molar-refractivity contribution in [3.8, 4) is 0 Å². The third-order valence-corrected chi connectivity index (χ3v) is 8.75. The Morgan fingerprint density at radius 1 is 0.551 bits per heavy atom. The first-order chi connectivity index (χ1) is 32.6. The van der Waals surface area contributed by atoms with E-state index in [1.54, 1.807) is 42.4 Å². The van der Waals surface area contributed by atoms with E-state index in [-0.39, 0.29) is 75.2 Å². The van der Waals surface area contributed by atoms with Crippen LogP contribution >= 0.6 is 0 Å². The predicted molar refractivity (Wildman–Crippen MR) is 280 cm³/mol. The number of ether oxygens (including phenoxy) is 3. The number of rotatable bonds is 14. The van der Waals surface area contributed by atoms with Gasteiger partial charge in [0.05, 0.1) is 33.5 Å². The number of carbonyl (C=O) groups excluding carboxylic acids is 4. The van der Waals surface area contributed by atoms with Gasteiger partial charge in [0.1, 0.15) is 6.61 Å². The summed E-state index contributed by atoms with van der Waals surface area (Å²) in [5.41, 5.74) is 5.08. The molecule has 6 rings (SSSR count). The van der Waals surface area contributed by atoms with Crippen molar-refractivity contribution >= 4 is 67.4 Å². The maximum atomic E-state index is 10.4. The van der Waals surface area contributed by atoms with E-state index >= 15 is 0 Å². The van der Waals surface area contributed by atoms with E-state index in [4.69, 9.17) is 4.74 Å². The minimum absolute atomic E-state index is 0. The zero-order valence-corrected chi connectivity index (χ0v) is 45.9. The summed E-state index contributed by atoms with van der Waals surface area (Å²) in [6, 6.07) is 34.4. The van der Waals surface area contributed by atoms with Crippen molar-refractivity contribution in [3.05, 3.63) is 111 Å². The maximum absolute atomic E-state index is 10.4. The van der Waals surface area contributed by atoms with Crippen molar-refractivity contribution in [3.63, 3.8) is 0 Å². The molecule has 6 aromatic rings. The van der Waals surface area contributed by atoms with E-state index in [9.17, 15) is 19.2 Å². The molecule has 381 valence electrons. The van der Waals surface area contributed by atoms with Gasteiger partial charge in [0.15, 0.2) is 0 Å². The number of methoxy groups -OCH3 is 2. The van der Waals surface area contributed by atoms with Gasteiger partial charge in [-0.2, -0.15) is 0 Å². The Kier molecular flexibility index (Phi) is 39.2. The van der Waals surface area contributed by atoms with Crippen LogP contribution in [0.4, 0.5) is 4.79 Å². The minimum Gasteiger partial charge on any atom is -0.369 e. The summed E-state index contributed by atoms with van der Waals surface area (Å²) in [5, 5.41) is 25.9. The number of amides is 5. The molecule has 0 aliphatic rings. The molecule has 2 heterocycles. The van der Waals surface area contributed by atoms with Crippen LogP contribution in [0, 0.1) is 13.8 Å². The number of hydrogen-bond donors (Lipinski definition) is 8. The second-order valence-electron chi connectivity index (χ2n) is 14.7. The van der Waals surface area contributed by atoms with E-state index < -0.39 is 0 Å². The van der Waals surface area contributed by atoms with Crippen LogP contribution in [-0.2, 0) is 61.3 Å². The number of carbonyl (C=O) groups is 4. The van der Waals surface area contributed by atoms with Crippen LogP contribution in [0.5, 0.6) is 0 Å². The van der Waals surface area contributed by atoms with Crippen LogP contribution < -0.4 is 42.5 Å². The Morgan fingerprint density at radius 2 is 0.855 bits per heavy atom. The molecule has 5 amide bonds. The normalized spacial score (nSPS) is 10.6. The number of fused-ring (bicyclic) bond motifs is 6. The van der Waals surface area contributed by atoms with Crippen LogP contribution in [0.25, 0.3) is 43.6 Å². The van der Waals surface area contributed by atoms with Crippen molar-refractivity contribution in [2.24, 2.45) is 0 Å². The number of urea groups is 1. The van der Waals surface area contributed by atoms with E-state index in [0.29, 0.717) is 33.5 Å². The molecular formula is C51H80N10O7Y-2. The fraction of sp³-hybridized carbons (Fsp3) is 0.412. The summed E-state index contributed by atoms with van der Waals surface area (Å²) in [6.45, 7) is 22.1. The third kappa shape index (κ3) is 26.5. The molecule has 0 aliphatic heterocycles. The zero-order chi connectivity index (χ0) is 51.3. The Hall–Kier alpha value is -4.98. The van der Waals surface area contributed by atoms with Crippen LogP contribution in [0.3, 0.4) is 0 Å². The molecule has 1 radical (unpaired) electrons. The van der Waals surface area contributed by atoms with E-state index in [1.165, 1.54) is 63.9 Å². The Bertz CT molecular complexity index is 2050. The summed E-state index contributed by atoms with van der Waals surface area (Å²) in [4.78, 5) is 40.8. The largest absolute Gasteiger partial charge is 0.369 e. The molecule has 0 aliphatic carbocycles. The number of likely N-dealkylation sites (N-methyl/N-ethyl adjacent to an activating group) is 1. The van der Waals surface area contributed by atoms with Crippen molar-refractivity contribution in [2.45, 2.75) is 60.0 Å². The number of nitrogens with one attached hydrogen (secondary N) is 8. The first-order valence-electron chi connectivity index (χ1n) is 22.5. The van der Waals surface area contributed by atoms with Gasteiger partial charge >= 0.3 is 6.03 Å². The second kappa shape index (κ2) is 40.9. The van der Waals surface area contributed by atoms with Gasteiger partial charge in [-0.3, -0.25) is 30.3 Å². The van der Waals surface area contributed by atoms with Gasteiger partial charge in [0.25, 0.3) is 0 Å². The van der Waals surface area contributed by atoms with Gasteiger partial charge < -0.3 is 63.8 Å². The number of nitrogens with zero attached hydrogens (tertiary/aromatic N) is 2. The van der Waals surface area contributed by atoms with Crippen molar-refractivity contribution in [1.29, 1.82) is 0 Å². The van der Waals surface area contributed by atoms with Crippen molar-refractivity contribution in [1.82, 2.24) is 51.7 Å². The molecule has 0 unspecified atom stereocenters. The molecule has 0 saturated heterocycles. The van der Waals surface area contributed by atoms with Gasteiger partial charge in [-0.25, -0.2) is 4.79 Å². The molecule has 18 heteroatoms. The standard InChI is InChI=1S/2C15H14N.3C5H12N2O2.C3H8N2O.C3H8.Y/c2*1-11(2)16-14-9-5-3-7-12(14)13-8-4-6-10-15(13)16;1-6-4-9-3-5(8)7-2;2*1-5(8)7-3-6-4-9-2;1-4-3(6)5-2;1-3-2;/h2*3-11H,1H2,2H3;3*6H,3-4H2,1-2H3,(H,7,8);1-2H3,(H2,4,5,6);3H2,1-2H3;/q2*-1;;;;;;/t2*11-;;;;;;/m00....../s1. The van der Waals surface area contributed by atoms with Crippen molar-refractivity contribution < 1.29 is 66.1 Å². The van der Waals surface area contributed by atoms with Crippen LogP contribution in [0.2, 0.25) is 0 Å². The summed E-state index contributed by atoms with van der Waals surface area (Å²) in [6.07, 6.45) is 1.25. The number of para-hydroxylation sites is 4. The van der Waals surface area contributed by atoms with Crippen molar-refractivity contribution in [2.75, 3.05) is 82.5 Å². The van der Waals surface area contributed by atoms with Crippen LogP contribution in [0.1, 0.15) is 60.0 Å². The zero-order valence-electron chi connectivity index (χ0n) is 43.1. The summed E-state index contributed by atoms with van der Waals surface area (Å²) in [5.74, 6) is -0.192. The van der Waals surface area contributed by atoms with Crippen LogP contribution in [0.15, 0.2) is 97.1 Å². The molecule has 4 aromatic carbocycles. The van der Waals surface area contributed by atoms with Crippen LogP contribution in [-0.4, -0.2) is 115 Å². The molecule has 0 bridgehead atoms. The fourth-order valence-corrected chi connectivity index (χ4v) is 5.98. The average molecular weight is 1030 g/mol. The summed E-state index contributed by atoms with van der Waals surface area (Å²) >= 11 is 0. The SMILES string of the molecule is CCC.CNC(=O)NC.CNCOCC(=O)NC.COCNCNC(C)=O.COCNCNC(C)=O.[CH2-][C@@H](C)n1c2ccccc2c2ccccc21.[CH2-][C@@H](C)n1c2ccccc2c2ccccc21.[Y]. The van der Waals surface area contributed by atoms with Gasteiger partial charge in [0, 0.05) is 126 Å². The molecule has 2 aromatic heterocycles. The monoisotopic (exact) mass is 1030 g/mol. The molecule has 8 N–H and O–H groups in total. The number of benzene rings is 4. The number of aromatic nitrogens is 2. The molecule has 0 saturated carbocycles. The number of hydrogen-bond acceptors (Lipinski definition) is 10. The second-order valence-corrected chi connectivity index (χ2v) is 14.7. The summed E-state index contributed by atoms with van der Waals surface area (Å²) in [7, 11) is 9.63. The van der Waals surface area contributed by atoms with E-state index in [1.807, 2.05) is 0 Å². The smallest absolute Gasteiger partial charge is 0.314 e. The molecule has 0 fully saturated rings. The Labute approximate surface area is 436 Å². The molecule has 0 spiro atoms. The average Bonchev–Trinajstić information content (AvgIpc) is 3.86. The Morgan fingerprint density at radius 3 is 1.07 bits per heavy atom. The third-order valence-electron chi connectivity index (χ3n) is 8.75. The van der Waals surface area contributed by atoms with Gasteiger partial charge in [-0.1, -0.05) is 119 Å². The molecule has 2 atom stereocenters. The topological polar surface area (TPSA) is 202 Å². The van der Waals surface area contributed by atoms with Gasteiger partial charge in [-0.15, -0.1) is 0 Å². The van der Waals surface area contributed by atoms with E-state index in [0.717, 1.165) is 0 Å². The maximum Gasteiger partial charge on any atom is 0.314 e. The minimum atomic E-state index is -0.157. The fourth-order valence-electron chi connectivity index (χ4n) is 5.98. The Balaban J connectivity index is 0. The van der Waals surface area contributed by atoms with E-state index in [2.05, 4.69) is 200 Å². The molecule has 17 nitrogen and oxygen atoms in total. The predicted octanol–water partition coefficient (Wildman–Crippen LogP) is 6.81. The first kappa shape index (κ1) is 66.1. The van der Waals surface area contributed by atoms with Gasteiger partial charge in [0.2, 0.25) is 17.7 Å². The quantitative estimate of drug-likeness (QED) is 0.0326. The van der Waals surface area contributed by atoms with Gasteiger partial charge in [-0.05, 0) is 31.3 Å². The molecule has 69 heavy (non-hydrogen) atoms. The molecular weight excluding hydrogens is 954 g/mol.